The minimum absolute atomic E-state index is 0.168. The lowest BCUT2D eigenvalue weighted by atomic mass is 10.2. The highest BCUT2D eigenvalue weighted by Gasteiger charge is 2.06. The van der Waals surface area contributed by atoms with Crippen molar-refractivity contribution in [2.24, 2.45) is 0 Å². The van der Waals surface area contributed by atoms with Crippen molar-refractivity contribution in [3.05, 3.63) is 42.0 Å². The van der Waals surface area contributed by atoms with Crippen LogP contribution >= 0.6 is 0 Å². The lowest BCUT2D eigenvalue weighted by Gasteiger charge is -2.10. The van der Waals surface area contributed by atoms with Crippen LogP contribution in [0.4, 0.5) is 4.79 Å². The van der Waals surface area contributed by atoms with E-state index in [2.05, 4.69) is 10.1 Å². The van der Waals surface area contributed by atoms with E-state index in [1.165, 1.54) is 7.11 Å². The molecule has 1 rings (SSSR count). The molecule has 0 radical (unpaired) electrons. The van der Waals surface area contributed by atoms with E-state index < -0.39 is 12.1 Å². The summed E-state index contributed by atoms with van der Waals surface area (Å²) in [4.78, 5) is 10.9. The summed E-state index contributed by atoms with van der Waals surface area (Å²) < 4.78 is 4.44. The molecule has 0 aliphatic carbocycles. The van der Waals surface area contributed by atoms with Gasteiger partial charge < -0.3 is 15.2 Å². The summed E-state index contributed by atoms with van der Waals surface area (Å²) in [6.07, 6.45) is 2.99. The van der Waals surface area contributed by atoms with Crippen LogP contribution < -0.4 is 5.32 Å². The van der Waals surface area contributed by atoms with Crippen molar-refractivity contribution in [1.82, 2.24) is 5.32 Å². The minimum atomic E-state index is -0.559. The summed E-state index contributed by atoms with van der Waals surface area (Å²) >= 11 is 0. The van der Waals surface area contributed by atoms with Gasteiger partial charge in [0.05, 0.1) is 19.8 Å². The summed E-state index contributed by atoms with van der Waals surface area (Å²) in [5.74, 6) is 0. The van der Waals surface area contributed by atoms with Gasteiger partial charge in [-0.15, -0.1) is 0 Å². The molecule has 86 valence electrons. The first kappa shape index (κ1) is 12.3. The average molecular weight is 221 g/mol. The van der Waals surface area contributed by atoms with E-state index in [1.54, 1.807) is 6.08 Å². The highest BCUT2D eigenvalue weighted by molar-refractivity contribution is 5.68. The largest absolute Gasteiger partial charge is 0.453 e. The van der Waals surface area contributed by atoms with Crippen LogP contribution in [-0.4, -0.2) is 31.0 Å². The number of benzene rings is 1. The van der Waals surface area contributed by atoms with E-state index >= 15 is 0 Å². The highest BCUT2D eigenvalue weighted by atomic mass is 16.5. The SMILES string of the molecule is COC(=O)N[C@@H](/C=C/c1ccccc1)CO. The molecule has 0 fully saturated rings. The summed E-state index contributed by atoms with van der Waals surface area (Å²) in [6, 6.07) is 9.19. The maximum Gasteiger partial charge on any atom is 0.407 e. The van der Waals surface area contributed by atoms with Gasteiger partial charge in [-0.1, -0.05) is 42.5 Å². The number of aliphatic hydroxyl groups excluding tert-OH is 1. The van der Waals surface area contributed by atoms with E-state index in [0.717, 1.165) is 5.56 Å². The number of rotatable bonds is 4. The maximum absolute atomic E-state index is 10.9. The molecule has 4 heteroatoms. The van der Waals surface area contributed by atoms with Crippen molar-refractivity contribution in [1.29, 1.82) is 0 Å². The topological polar surface area (TPSA) is 58.6 Å². The van der Waals surface area contributed by atoms with Gasteiger partial charge in [0.15, 0.2) is 0 Å². The quantitative estimate of drug-likeness (QED) is 0.808. The van der Waals surface area contributed by atoms with Gasteiger partial charge in [-0.3, -0.25) is 0 Å². The lowest BCUT2D eigenvalue weighted by Crippen LogP contribution is -2.35. The van der Waals surface area contributed by atoms with Crippen LogP contribution in [0.3, 0.4) is 0 Å². The Morgan fingerprint density at radius 2 is 2.19 bits per heavy atom. The monoisotopic (exact) mass is 221 g/mol. The number of carbonyl (C=O) groups excluding carboxylic acids is 1. The predicted octanol–water partition coefficient (Wildman–Crippen LogP) is 1.42. The molecule has 0 spiro atoms. The summed E-state index contributed by atoms with van der Waals surface area (Å²) in [5, 5.41) is 11.5. The Morgan fingerprint density at radius 3 is 2.75 bits per heavy atom. The molecule has 0 saturated carbocycles. The van der Waals surface area contributed by atoms with E-state index in [9.17, 15) is 4.79 Å². The first-order valence-electron chi connectivity index (χ1n) is 4.95. The Morgan fingerprint density at radius 1 is 1.50 bits per heavy atom. The third-order valence-corrected chi connectivity index (χ3v) is 2.01. The summed E-state index contributed by atoms with van der Waals surface area (Å²) in [6.45, 7) is -0.168. The van der Waals surface area contributed by atoms with Gasteiger partial charge in [-0.2, -0.15) is 0 Å². The molecule has 1 aromatic carbocycles. The van der Waals surface area contributed by atoms with Crippen molar-refractivity contribution < 1.29 is 14.6 Å². The Kier molecular flexibility index (Phi) is 5.08. The number of amides is 1. The normalized spacial score (nSPS) is 12.4. The van der Waals surface area contributed by atoms with Crippen molar-refractivity contribution in [3.8, 4) is 0 Å². The second-order valence-corrected chi connectivity index (χ2v) is 3.19. The molecule has 2 N–H and O–H groups in total. The smallest absolute Gasteiger partial charge is 0.407 e. The number of aliphatic hydroxyl groups is 1. The third-order valence-electron chi connectivity index (χ3n) is 2.01. The number of alkyl carbamates (subject to hydrolysis) is 1. The summed E-state index contributed by atoms with van der Waals surface area (Å²) in [5.41, 5.74) is 1.01. The van der Waals surface area contributed by atoms with Gasteiger partial charge in [0, 0.05) is 0 Å². The summed E-state index contributed by atoms with van der Waals surface area (Å²) in [7, 11) is 1.28. The molecule has 16 heavy (non-hydrogen) atoms. The molecule has 0 bridgehead atoms. The first-order valence-corrected chi connectivity index (χ1v) is 4.95. The first-order chi connectivity index (χ1) is 7.76. The molecule has 0 heterocycles. The van der Waals surface area contributed by atoms with Crippen LogP contribution in [0.2, 0.25) is 0 Å². The molecule has 4 nitrogen and oxygen atoms in total. The Hall–Kier alpha value is -1.81. The van der Waals surface area contributed by atoms with E-state index in [-0.39, 0.29) is 6.61 Å². The fourth-order valence-electron chi connectivity index (χ4n) is 1.16. The predicted molar refractivity (Wildman–Crippen MR) is 61.9 cm³/mol. The molecule has 0 aliphatic heterocycles. The second-order valence-electron chi connectivity index (χ2n) is 3.19. The van der Waals surface area contributed by atoms with Gasteiger partial charge in [-0.05, 0) is 5.56 Å². The van der Waals surface area contributed by atoms with Gasteiger partial charge in [0.2, 0.25) is 0 Å². The zero-order valence-electron chi connectivity index (χ0n) is 9.09. The van der Waals surface area contributed by atoms with Crippen LogP contribution in [0.25, 0.3) is 6.08 Å². The highest BCUT2D eigenvalue weighted by Crippen LogP contribution is 2.02. The fraction of sp³-hybridized carbons (Fsp3) is 0.250. The molecule has 0 aliphatic rings. The number of carbonyl (C=O) groups is 1. The molecule has 0 saturated heterocycles. The molecule has 1 atom stereocenters. The van der Waals surface area contributed by atoms with E-state index in [4.69, 9.17) is 5.11 Å². The zero-order chi connectivity index (χ0) is 11.8. The molecule has 1 amide bonds. The van der Waals surface area contributed by atoms with Crippen LogP contribution in [-0.2, 0) is 4.74 Å². The van der Waals surface area contributed by atoms with Crippen LogP contribution in [0, 0.1) is 0 Å². The molecule has 0 aromatic heterocycles. The van der Waals surface area contributed by atoms with Crippen molar-refractivity contribution >= 4 is 12.2 Å². The minimum Gasteiger partial charge on any atom is -0.453 e. The van der Waals surface area contributed by atoms with E-state index in [0.29, 0.717) is 0 Å². The zero-order valence-corrected chi connectivity index (χ0v) is 9.09. The van der Waals surface area contributed by atoms with Crippen molar-refractivity contribution in [2.45, 2.75) is 6.04 Å². The van der Waals surface area contributed by atoms with Crippen molar-refractivity contribution in [3.63, 3.8) is 0 Å². The number of hydrogen-bond acceptors (Lipinski definition) is 3. The van der Waals surface area contributed by atoms with Gasteiger partial charge in [-0.25, -0.2) is 4.79 Å². The van der Waals surface area contributed by atoms with Gasteiger partial charge >= 0.3 is 6.09 Å². The molecular weight excluding hydrogens is 206 g/mol. The number of hydrogen-bond donors (Lipinski definition) is 2. The number of ether oxygens (including phenoxy) is 1. The number of nitrogens with one attached hydrogen (secondary N) is 1. The second kappa shape index (κ2) is 6.63. The fourth-order valence-corrected chi connectivity index (χ4v) is 1.16. The Bertz CT molecular complexity index is 349. The van der Waals surface area contributed by atoms with Gasteiger partial charge in [0.25, 0.3) is 0 Å². The lowest BCUT2D eigenvalue weighted by molar-refractivity contribution is 0.162. The maximum atomic E-state index is 10.9. The van der Waals surface area contributed by atoms with Crippen LogP contribution in [0.1, 0.15) is 5.56 Å². The van der Waals surface area contributed by atoms with E-state index in [1.807, 2.05) is 36.4 Å². The Balaban J connectivity index is 2.56. The van der Waals surface area contributed by atoms with Crippen LogP contribution in [0.5, 0.6) is 0 Å². The van der Waals surface area contributed by atoms with Crippen LogP contribution in [0.15, 0.2) is 36.4 Å². The molecule has 1 aromatic rings. The van der Waals surface area contributed by atoms with Crippen molar-refractivity contribution in [2.75, 3.05) is 13.7 Å². The third kappa shape index (κ3) is 4.14. The molecular formula is C12H15NO3. The Labute approximate surface area is 94.6 Å². The standard InChI is InChI=1S/C12H15NO3/c1-16-12(15)13-11(9-14)8-7-10-5-3-2-4-6-10/h2-8,11,14H,9H2,1H3,(H,13,15)/b8-7+/t11-/m0/s1. The molecule has 0 unspecified atom stereocenters. The van der Waals surface area contributed by atoms with Gasteiger partial charge in [0.1, 0.15) is 0 Å². The average Bonchev–Trinajstić information content (AvgIpc) is 2.35. The number of methoxy groups -OCH3 is 1.